The van der Waals surface area contributed by atoms with Gasteiger partial charge >= 0.3 is 0 Å². The molecule has 0 radical (unpaired) electrons. The van der Waals surface area contributed by atoms with Crippen molar-refractivity contribution in [2.24, 2.45) is 0 Å². The largest absolute Gasteiger partial charge is 0.309 e. The van der Waals surface area contributed by atoms with Crippen molar-refractivity contribution in [2.75, 3.05) is 0 Å². The minimum absolute atomic E-state index is 0.591. The van der Waals surface area contributed by atoms with Crippen molar-refractivity contribution >= 4 is 11.6 Å². The molecule has 0 saturated carbocycles. The van der Waals surface area contributed by atoms with Crippen LogP contribution in [-0.2, 0) is 13.1 Å². The van der Waals surface area contributed by atoms with Crippen LogP contribution in [0.4, 0.5) is 0 Å². The first-order chi connectivity index (χ1) is 9.15. The summed E-state index contributed by atoms with van der Waals surface area (Å²) in [5.41, 5.74) is 3.91. The summed E-state index contributed by atoms with van der Waals surface area (Å²) in [5, 5.41) is 4.23. The van der Waals surface area contributed by atoms with Crippen molar-refractivity contribution in [3.8, 4) is 0 Å². The van der Waals surface area contributed by atoms with Gasteiger partial charge in [0.2, 0.25) is 0 Å². The minimum Gasteiger partial charge on any atom is -0.309 e. The van der Waals surface area contributed by atoms with Crippen molar-refractivity contribution in [3.05, 3.63) is 70.2 Å². The molecule has 1 nitrogen and oxygen atoms in total. The van der Waals surface area contributed by atoms with E-state index in [4.69, 9.17) is 11.6 Å². The highest BCUT2D eigenvalue weighted by molar-refractivity contribution is 6.30. The Morgan fingerprint density at radius 2 is 1.63 bits per heavy atom. The highest BCUT2D eigenvalue weighted by Crippen LogP contribution is 2.15. The Bertz CT molecular complexity index is 517. The van der Waals surface area contributed by atoms with E-state index in [0.717, 1.165) is 18.1 Å². The van der Waals surface area contributed by atoms with E-state index in [9.17, 15) is 0 Å². The number of rotatable bonds is 5. The highest BCUT2D eigenvalue weighted by Gasteiger charge is 1.99. The van der Waals surface area contributed by atoms with Gasteiger partial charge in [0.1, 0.15) is 0 Å². The monoisotopic (exact) mass is 273 g/mol. The quantitative estimate of drug-likeness (QED) is 0.829. The maximum absolute atomic E-state index is 5.96. The van der Waals surface area contributed by atoms with E-state index in [2.05, 4.69) is 49.5 Å². The third kappa shape index (κ3) is 4.38. The average molecular weight is 274 g/mol. The zero-order valence-corrected chi connectivity index (χ0v) is 12.2. The Labute approximate surface area is 120 Å². The first kappa shape index (κ1) is 14.1. The molecule has 2 aromatic rings. The molecule has 0 fully saturated rings. The third-order valence-corrected chi connectivity index (χ3v) is 3.43. The molecular weight excluding hydrogens is 254 g/mol. The van der Waals surface area contributed by atoms with Crippen molar-refractivity contribution in [1.82, 2.24) is 5.32 Å². The summed E-state index contributed by atoms with van der Waals surface area (Å²) in [7, 11) is 0. The van der Waals surface area contributed by atoms with Crippen molar-refractivity contribution in [2.45, 2.75) is 32.9 Å². The molecule has 2 aromatic carbocycles. The Kier molecular flexibility index (Phi) is 5.00. The molecule has 0 atom stereocenters. The second-order valence-electron chi connectivity index (χ2n) is 5.13. The molecule has 1 N–H and O–H groups in total. The Balaban J connectivity index is 1.85. The van der Waals surface area contributed by atoms with Crippen LogP contribution in [0.2, 0.25) is 5.02 Å². The molecular formula is C17H20ClN. The predicted octanol–water partition coefficient (Wildman–Crippen LogP) is 4.75. The summed E-state index contributed by atoms with van der Waals surface area (Å²) < 4.78 is 0. The van der Waals surface area contributed by atoms with Crippen LogP contribution in [0, 0.1) is 0 Å². The van der Waals surface area contributed by atoms with Gasteiger partial charge in [0.25, 0.3) is 0 Å². The van der Waals surface area contributed by atoms with Crippen LogP contribution in [0.15, 0.2) is 48.5 Å². The molecule has 0 unspecified atom stereocenters. The number of hydrogen-bond donors (Lipinski definition) is 1. The molecule has 2 heteroatoms. The van der Waals surface area contributed by atoms with Crippen molar-refractivity contribution in [1.29, 1.82) is 0 Å². The molecule has 0 amide bonds. The normalized spacial score (nSPS) is 10.9. The summed E-state index contributed by atoms with van der Waals surface area (Å²) in [6, 6.07) is 16.8. The Morgan fingerprint density at radius 3 is 2.26 bits per heavy atom. The smallest absolute Gasteiger partial charge is 0.0409 e. The lowest BCUT2D eigenvalue weighted by Crippen LogP contribution is -2.12. The molecule has 2 rings (SSSR count). The van der Waals surface area contributed by atoms with Gasteiger partial charge in [-0.05, 0) is 34.7 Å². The van der Waals surface area contributed by atoms with Crippen LogP contribution in [0.3, 0.4) is 0 Å². The summed E-state index contributed by atoms with van der Waals surface area (Å²) in [4.78, 5) is 0. The molecule has 0 bridgehead atoms. The second kappa shape index (κ2) is 6.74. The standard InChI is InChI=1S/C17H20ClN/c1-13(2)16-8-6-14(7-9-16)11-19-12-15-4-3-5-17(18)10-15/h3-10,13,19H,11-12H2,1-2H3. The summed E-state index contributed by atoms with van der Waals surface area (Å²) in [6.45, 7) is 6.15. The van der Waals surface area contributed by atoms with E-state index in [-0.39, 0.29) is 0 Å². The molecule has 0 aliphatic rings. The lowest BCUT2D eigenvalue weighted by molar-refractivity contribution is 0.693. The van der Waals surface area contributed by atoms with Crippen LogP contribution in [0.5, 0.6) is 0 Å². The fraction of sp³-hybridized carbons (Fsp3) is 0.294. The molecule has 0 spiro atoms. The maximum Gasteiger partial charge on any atom is 0.0409 e. The van der Waals surface area contributed by atoms with Gasteiger partial charge in [-0.15, -0.1) is 0 Å². The first-order valence-corrected chi connectivity index (χ1v) is 7.07. The van der Waals surface area contributed by atoms with Crippen LogP contribution in [-0.4, -0.2) is 0 Å². The van der Waals surface area contributed by atoms with Gasteiger partial charge in [0.15, 0.2) is 0 Å². The fourth-order valence-electron chi connectivity index (χ4n) is 2.02. The Morgan fingerprint density at radius 1 is 0.947 bits per heavy atom. The van der Waals surface area contributed by atoms with Gasteiger partial charge in [-0.1, -0.05) is 61.8 Å². The van der Waals surface area contributed by atoms with Crippen LogP contribution >= 0.6 is 11.6 Å². The molecule has 0 aliphatic heterocycles. The van der Waals surface area contributed by atoms with E-state index in [1.807, 2.05) is 18.2 Å². The topological polar surface area (TPSA) is 12.0 Å². The van der Waals surface area contributed by atoms with Gasteiger partial charge in [0, 0.05) is 18.1 Å². The zero-order chi connectivity index (χ0) is 13.7. The predicted molar refractivity (Wildman–Crippen MR) is 82.5 cm³/mol. The van der Waals surface area contributed by atoms with Crippen molar-refractivity contribution < 1.29 is 0 Å². The van der Waals surface area contributed by atoms with Gasteiger partial charge in [-0.25, -0.2) is 0 Å². The lowest BCUT2D eigenvalue weighted by Gasteiger charge is -2.08. The summed E-state index contributed by atoms with van der Waals surface area (Å²) in [5.74, 6) is 0.591. The third-order valence-electron chi connectivity index (χ3n) is 3.19. The van der Waals surface area contributed by atoms with E-state index in [1.54, 1.807) is 0 Å². The van der Waals surface area contributed by atoms with Gasteiger partial charge in [0.05, 0.1) is 0 Å². The maximum atomic E-state index is 5.96. The molecule has 0 aliphatic carbocycles. The molecule has 0 aromatic heterocycles. The fourth-order valence-corrected chi connectivity index (χ4v) is 2.23. The molecule has 0 heterocycles. The number of halogens is 1. The minimum atomic E-state index is 0.591. The van der Waals surface area contributed by atoms with Crippen LogP contribution < -0.4 is 5.32 Å². The van der Waals surface area contributed by atoms with Gasteiger partial charge in [-0.2, -0.15) is 0 Å². The van der Waals surface area contributed by atoms with E-state index < -0.39 is 0 Å². The van der Waals surface area contributed by atoms with Crippen molar-refractivity contribution in [3.63, 3.8) is 0 Å². The molecule has 0 saturated heterocycles. The summed E-state index contributed by atoms with van der Waals surface area (Å²) >= 11 is 5.96. The van der Waals surface area contributed by atoms with E-state index in [0.29, 0.717) is 5.92 Å². The molecule has 100 valence electrons. The summed E-state index contributed by atoms with van der Waals surface area (Å²) in [6.07, 6.45) is 0. The number of hydrogen-bond acceptors (Lipinski definition) is 1. The number of benzene rings is 2. The van der Waals surface area contributed by atoms with Crippen LogP contribution in [0.1, 0.15) is 36.5 Å². The highest BCUT2D eigenvalue weighted by atomic mass is 35.5. The van der Waals surface area contributed by atoms with E-state index in [1.165, 1.54) is 16.7 Å². The lowest BCUT2D eigenvalue weighted by atomic mass is 10.0. The number of nitrogens with one attached hydrogen (secondary N) is 1. The van der Waals surface area contributed by atoms with Gasteiger partial charge < -0.3 is 5.32 Å². The zero-order valence-electron chi connectivity index (χ0n) is 11.5. The van der Waals surface area contributed by atoms with E-state index >= 15 is 0 Å². The average Bonchev–Trinajstić information content (AvgIpc) is 2.39. The first-order valence-electron chi connectivity index (χ1n) is 6.69. The molecule has 19 heavy (non-hydrogen) atoms. The van der Waals surface area contributed by atoms with Crippen LogP contribution in [0.25, 0.3) is 0 Å². The Hall–Kier alpha value is -1.31. The second-order valence-corrected chi connectivity index (χ2v) is 5.57. The van der Waals surface area contributed by atoms with Gasteiger partial charge in [-0.3, -0.25) is 0 Å². The SMILES string of the molecule is CC(C)c1ccc(CNCc2cccc(Cl)c2)cc1.